The number of carboxylic acid groups (broad SMARTS) is 1. The average Bonchev–Trinajstić information content (AvgIpc) is 3.14. The lowest BCUT2D eigenvalue weighted by atomic mass is 9.81. The summed E-state index contributed by atoms with van der Waals surface area (Å²) < 4.78 is 15.1. The lowest BCUT2D eigenvalue weighted by molar-refractivity contribution is 0.0697. The number of hydrogen-bond acceptors (Lipinski definition) is 5. The number of likely N-dealkylation sites (N-methyl/N-ethyl adjacent to an activating group) is 1. The number of nitrogens with zero attached hydrogens (tertiary/aromatic N) is 3. The molecule has 7 nitrogen and oxygen atoms in total. The van der Waals surface area contributed by atoms with Crippen LogP contribution in [0.25, 0.3) is 22.2 Å². The van der Waals surface area contributed by atoms with Gasteiger partial charge in [0.2, 0.25) is 0 Å². The van der Waals surface area contributed by atoms with E-state index >= 15 is 0 Å². The van der Waals surface area contributed by atoms with Crippen LogP contribution in [-0.2, 0) is 6.54 Å². The van der Waals surface area contributed by atoms with E-state index in [-0.39, 0.29) is 0 Å². The first-order valence-corrected chi connectivity index (χ1v) is 14.4. The van der Waals surface area contributed by atoms with E-state index in [0.717, 1.165) is 61.8 Å². The van der Waals surface area contributed by atoms with Crippen molar-refractivity contribution in [1.82, 2.24) is 14.4 Å². The van der Waals surface area contributed by atoms with Crippen molar-refractivity contribution in [2.75, 3.05) is 52.5 Å². The Morgan fingerprint density at radius 1 is 1.03 bits per heavy atom. The minimum atomic E-state index is -0.890. The molecule has 38 heavy (non-hydrogen) atoms. The number of carboxylic acids is 1. The molecule has 1 saturated heterocycles. The number of fused-ring (bicyclic) bond motifs is 5. The van der Waals surface area contributed by atoms with E-state index in [9.17, 15) is 9.90 Å². The van der Waals surface area contributed by atoms with Crippen LogP contribution >= 0.6 is 0 Å². The van der Waals surface area contributed by atoms with Gasteiger partial charge in [0.1, 0.15) is 13.2 Å². The summed E-state index contributed by atoms with van der Waals surface area (Å²) in [6, 6.07) is 11.9. The summed E-state index contributed by atoms with van der Waals surface area (Å²) in [5.41, 5.74) is 4.92. The van der Waals surface area contributed by atoms with Gasteiger partial charge in [-0.05, 0) is 55.1 Å². The third-order valence-corrected chi connectivity index (χ3v) is 8.74. The van der Waals surface area contributed by atoms with E-state index in [4.69, 9.17) is 9.47 Å². The van der Waals surface area contributed by atoms with Crippen LogP contribution in [0.2, 0.25) is 0 Å². The molecule has 1 N–H and O–H groups in total. The van der Waals surface area contributed by atoms with E-state index in [1.54, 1.807) is 6.07 Å². The van der Waals surface area contributed by atoms with Gasteiger partial charge in [-0.2, -0.15) is 0 Å². The molecule has 2 aromatic carbocycles. The van der Waals surface area contributed by atoms with Crippen LogP contribution in [0.5, 0.6) is 11.5 Å². The Labute approximate surface area is 224 Å². The first kappa shape index (κ1) is 25.3. The maximum absolute atomic E-state index is 11.8. The SMILES string of the molecule is CCN1CCN(CCOc2cccc3c2OCCn2c-3c(C3CCCCC3)c3ccc(C(=O)O)cc32)CC1. The van der Waals surface area contributed by atoms with Gasteiger partial charge < -0.3 is 24.0 Å². The lowest BCUT2D eigenvalue weighted by Crippen LogP contribution is -2.47. The third kappa shape index (κ3) is 4.78. The monoisotopic (exact) mass is 517 g/mol. The highest BCUT2D eigenvalue weighted by molar-refractivity contribution is 5.99. The molecule has 7 heteroatoms. The van der Waals surface area contributed by atoms with Gasteiger partial charge in [-0.3, -0.25) is 4.90 Å². The number of piperazine rings is 1. The van der Waals surface area contributed by atoms with Gasteiger partial charge in [-0.15, -0.1) is 0 Å². The molecule has 2 aliphatic heterocycles. The quantitative estimate of drug-likeness (QED) is 0.449. The molecular formula is C31H39N3O4. The number of ether oxygens (including phenoxy) is 2. The van der Waals surface area contributed by atoms with Crippen LogP contribution in [0.4, 0.5) is 0 Å². The van der Waals surface area contributed by atoms with Crippen LogP contribution in [0.15, 0.2) is 36.4 Å². The van der Waals surface area contributed by atoms with Crippen molar-refractivity contribution in [1.29, 1.82) is 0 Å². The van der Waals surface area contributed by atoms with Crippen LogP contribution in [0, 0.1) is 0 Å². The Hall–Kier alpha value is -3.03. The predicted molar refractivity (Wildman–Crippen MR) is 150 cm³/mol. The molecule has 3 heterocycles. The summed E-state index contributed by atoms with van der Waals surface area (Å²) in [5, 5.41) is 10.9. The van der Waals surface area contributed by atoms with Crippen molar-refractivity contribution < 1.29 is 19.4 Å². The first-order chi connectivity index (χ1) is 18.6. The fraction of sp³-hybridized carbons (Fsp3) is 0.516. The van der Waals surface area contributed by atoms with Gasteiger partial charge in [0, 0.05) is 49.2 Å². The summed E-state index contributed by atoms with van der Waals surface area (Å²) in [4.78, 5) is 16.8. The van der Waals surface area contributed by atoms with Gasteiger partial charge in [-0.25, -0.2) is 4.79 Å². The van der Waals surface area contributed by atoms with Gasteiger partial charge >= 0.3 is 5.97 Å². The average molecular weight is 518 g/mol. The minimum absolute atomic E-state index is 0.329. The van der Waals surface area contributed by atoms with Crippen LogP contribution in [0.3, 0.4) is 0 Å². The number of aromatic carboxylic acids is 1. The van der Waals surface area contributed by atoms with Crippen LogP contribution in [-0.4, -0.2) is 77.9 Å². The smallest absolute Gasteiger partial charge is 0.335 e. The molecule has 0 unspecified atom stereocenters. The lowest BCUT2D eigenvalue weighted by Gasteiger charge is -2.33. The number of para-hydroxylation sites is 1. The zero-order valence-electron chi connectivity index (χ0n) is 22.5. The van der Waals surface area contributed by atoms with Crippen molar-refractivity contribution >= 4 is 16.9 Å². The highest BCUT2D eigenvalue weighted by Gasteiger charge is 2.30. The largest absolute Gasteiger partial charge is 0.488 e. The van der Waals surface area contributed by atoms with Crippen LogP contribution < -0.4 is 9.47 Å². The van der Waals surface area contributed by atoms with Crippen LogP contribution in [0.1, 0.15) is 60.9 Å². The zero-order chi connectivity index (χ0) is 26.1. The minimum Gasteiger partial charge on any atom is -0.488 e. The van der Waals surface area contributed by atoms with E-state index in [0.29, 0.717) is 31.2 Å². The fourth-order valence-electron chi connectivity index (χ4n) is 6.65. The second kappa shape index (κ2) is 11.0. The predicted octanol–water partition coefficient (Wildman–Crippen LogP) is 5.46. The molecule has 6 rings (SSSR count). The Kier molecular flexibility index (Phi) is 7.30. The molecule has 1 aliphatic carbocycles. The Bertz CT molecular complexity index is 1300. The maximum atomic E-state index is 11.8. The molecule has 0 atom stereocenters. The second-order valence-electron chi connectivity index (χ2n) is 10.9. The Balaban J connectivity index is 1.35. The Morgan fingerprint density at radius 2 is 1.82 bits per heavy atom. The van der Waals surface area contributed by atoms with Crippen molar-refractivity contribution in [3.8, 4) is 22.8 Å². The van der Waals surface area contributed by atoms with Crippen molar-refractivity contribution in [3.63, 3.8) is 0 Å². The number of carbonyl (C=O) groups is 1. The highest BCUT2D eigenvalue weighted by Crippen LogP contribution is 2.49. The molecule has 0 bridgehead atoms. The fourth-order valence-corrected chi connectivity index (χ4v) is 6.65. The standard InChI is InChI=1S/C31H39N3O4/c1-2-32-13-15-33(16-14-32)17-19-37-27-10-6-9-25-29-28(22-7-4-3-5-8-22)24-12-11-23(31(35)36)21-26(24)34(29)18-20-38-30(25)27/h6,9-12,21-22H,2-5,7-8,13-20H2,1H3,(H,35,36). The molecule has 0 amide bonds. The van der Waals surface area contributed by atoms with Crippen molar-refractivity contribution in [2.24, 2.45) is 0 Å². The molecule has 1 aromatic heterocycles. The van der Waals surface area contributed by atoms with Gasteiger partial charge in [0.05, 0.1) is 17.8 Å². The van der Waals surface area contributed by atoms with Crippen molar-refractivity contribution in [2.45, 2.75) is 51.5 Å². The molecule has 2 fully saturated rings. The van der Waals surface area contributed by atoms with E-state index in [1.807, 2.05) is 18.2 Å². The Morgan fingerprint density at radius 3 is 2.58 bits per heavy atom. The molecule has 3 aromatic rings. The van der Waals surface area contributed by atoms with Gasteiger partial charge in [-0.1, -0.05) is 38.3 Å². The summed E-state index contributed by atoms with van der Waals surface area (Å²) in [6.07, 6.45) is 6.11. The summed E-state index contributed by atoms with van der Waals surface area (Å²) in [5.74, 6) is 1.20. The normalized spacial score (nSPS) is 19.0. The van der Waals surface area contributed by atoms with E-state index in [1.165, 1.54) is 48.7 Å². The number of rotatable bonds is 7. The summed E-state index contributed by atoms with van der Waals surface area (Å²) in [6.45, 7) is 10.5. The van der Waals surface area contributed by atoms with E-state index in [2.05, 4.69) is 33.4 Å². The molecule has 0 radical (unpaired) electrons. The molecule has 0 spiro atoms. The molecule has 1 saturated carbocycles. The number of aromatic nitrogens is 1. The topological polar surface area (TPSA) is 67.2 Å². The van der Waals surface area contributed by atoms with E-state index < -0.39 is 5.97 Å². The molecule has 3 aliphatic rings. The summed E-state index contributed by atoms with van der Waals surface area (Å²) in [7, 11) is 0. The summed E-state index contributed by atoms with van der Waals surface area (Å²) >= 11 is 0. The number of benzene rings is 2. The second-order valence-corrected chi connectivity index (χ2v) is 10.9. The van der Waals surface area contributed by atoms with Gasteiger partial charge in [0.25, 0.3) is 0 Å². The third-order valence-electron chi connectivity index (χ3n) is 8.74. The first-order valence-electron chi connectivity index (χ1n) is 14.4. The van der Waals surface area contributed by atoms with Crippen molar-refractivity contribution in [3.05, 3.63) is 47.5 Å². The zero-order valence-corrected chi connectivity index (χ0v) is 22.5. The highest BCUT2D eigenvalue weighted by atomic mass is 16.5. The van der Waals surface area contributed by atoms with Gasteiger partial charge in [0.15, 0.2) is 11.5 Å². The molecular weight excluding hydrogens is 478 g/mol. The molecule has 202 valence electrons. The number of hydrogen-bond donors (Lipinski definition) is 1. The maximum Gasteiger partial charge on any atom is 0.335 e.